The highest BCUT2D eigenvalue weighted by Gasteiger charge is 2.46. The lowest BCUT2D eigenvalue weighted by molar-refractivity contribution is 0.768. The molecule has 0 unspecified atom stereocenters. The molecular weight excluding hydrogens is 615 g/mol. The molecule has 0 radical (unpaired) electrons. The molecule has 51 heavy (non-hydrogen) atoms. The number of hydrogen-bond donors (Lipinski definition) is 0. The highest BCUT2D eigenvalue weighted by Crippen LogP contribution is 2.57. The molecule has 0 aliphatic heterocycles. The van der Waals surface area contributed by atoms with E-state index >= 15 is 0 Å². The molecule has 0 saturated heterocycles. The van der Waals surface area contributed by atoms with Crippen LogP contribution in [0.5, 0.6) is 0 Å². The second-order valence-electron chi connectivity index (χ2n) is 13.4. The molecule has 1 aliphatic rings. The molecule has 0 fully saturated rings. The molecular formula is C50H37N. The van der Waals surface area contributed by atoms with Gasteiger partial charge in [0, 0.05) is 17.1 Å². The average molecular weight is 652 g/mol. The molecule has 0 aromatic heterocycles. The zero-order valence-corrected chi connectivity index (χ0v) is 28.6. The Bertz CT molecular complexity index is 2410. The molecule has 0 spiro atoms. The molecule has 0 bridgehead atoms. The highest BCUT2D eigenvalue weighted by molar-refractivity contribution is 5.90. The first-order chi connectivity index (χ1) is 25.2. The molecule has 8 aromatic rings. The second kappa shape index (κ2) is 12.8. The summed E-state index contributed by atoms with van der Waals surface area (Å²) in [6, 6.07) is 75.2. The van der Waals surface area contributed by atoms with Gasteiger partial charge in [-0.1, -0.05) is 170 Å². The van der Waals surface area contributed by atoms with E-state index in [2.05, 4.69) is 218 Å². The molecule has 0 atom stereocenters. The van der Waals surface area contributed by atoms with Gasteiger partial charge in [0.2, 0.25) is 0 Å². The SMILES string of the molecule is Cc1cc(-c2ccccc2)ccc1N(c1ccc(-c2ccccc2)cc1)c1ccc2c(c1)C(c1ccccc1)(c1ccccc1)c1ccccc1-2. The monoisotopic (exact) mass is 651 g/mol. The molecule has 9 rings (SSSR count). The van der Waals surface area contributed by atoms with Crippen molar-refractivity contribution in [2.24, 2.45) is 0 Å². The van der Waals surface area contributed by atoms with Gasteiger partial charge in [0.15, 0.2) is 0 Å². The molecule has 0 saturated carbocycles. The van der Waals surface area contributed by atoms with Crippen molar-refractivity contribution in [3.63, 3.8) is 0 Å². The zero-order valence-electron chi connectivity index (χ0n) is 28.6. The summed E-state index contributed by atoms with van der Waals surface area (Å²) in [6.07, 6.45) is 0. The van der Waals surface area contributed by atoms with E-state index in [0.717, 1.165) is 17.1 Å². The van der Waals surface area contributed by atoms with Gasteiger partial charge in [0.05, 0.1) is 5.41 Å². The van der Waals surface area contributed by atoms with Crippen molar-refractivity contribution in [1.29, 1.82) is 0 Å². The number of hydrogen-bond acceptors (Lipinski definition) is 1. The molecule has 0 heterocycles. The normalized spacial score (nSPS) is 12.6. The predicted molar refractivity (Wildman–Crippen MR) is 214 cm³/mol. The lowest BCUT2D eigenvalue weighted by Gasteiger charge is -2.35. The van der Waals surface area contributed by atoms with Crippen molar-refractivity contribution in [3.8, 4) is 33.4 Å². The Morgan fingerprint density at radius 3 is 1.43 bits per heavy atom. The topological polar surface area (TPSA) is 3.24 Å². The van der Waals surface area contributed by atoms with Crippen molar-refractivity contribution in [3.05, 3.63) is 234 Å². The summed E-state index contributed by atoms with van der Waals surface area (Å²) < 4.78 is 0. The lowest BCUT2D eigenvalue weighted by atomic mass is 9.67. The largest absolute Gasteiger partial charge is 0.310 e. The minimum Gasteiger partial charge on any atom is -0.310 e. The second-order valence-corrected chi connectivity index (χ2v) is 13.4. The third-order valence-electron chi connectivity index (χ3n) is 10.5. The maximum Gasteiger partial charge on any atom is 0.0714 e. The zero-order chi connectivity index (χ0) is 34.2. The van der Waals surface area contributed by atoms with Crippen LogP contribution in [0.3, 0.4) is 0 Å². The molecule has 1 nitrogen and oxygen atoms in total. The van der Waals surface area contributed by atoms with Gasteiger partial charge in [-0.05, 0) is 105 Å². The number of nitrogens with zero attached hydrogens (tertiary/aromatic N) is 1. The molecule has 0 amide bonds. The summed E-state index contributed by atoms with van der Waals surface area (Å²) in [6.45, 7) is 2.23. The summed E-state index contributed by atoms with van der Waals surface area (Å²) in [5, 5.41) is 0. The van der Waals surface area contributed by atoms with Crippen LogP contribution < -0.4 is 4.90 Å². The first-order valence-electron chi connectivity index (χ1n) is 17.7. The van der Waals surface area contributed by atoms with Crippen LogP contribution in [0.15, 0.2) is 206 Å². The van der Waals surface area contributed by atoms with E-state index in [4.69, 9.17) is 0 Å². The summed E-state index contributed by atoms with van der Waals surface area (Å²) in [7, 11) is 0. The maximum absolute atomic E-state index is 2.45. The fourth-order valence-electron chi connectivity index (χ4n) is 8.15. The third kappa shape index (κ3) is 5.18. The third-order valence-corrected chi connectivity index (χ3v) is 10.5. The molecule has 0 N–H and O–H groups in total. The van der Waals surface area contributed by atoms with Crippen LogP contribution in [0.2, 0.25) is 0 Å². The number of benzene rings is 8. The Kier molecular flexibility index (Phi) is 7.67. The van der Waals surface area contributed by atoms with Crippen LogP contribution in [0.4, 0.5) is 17.1 Å². The van der Waals surface area contributed by atoms with Crippen LogP contribution in [-0.4, -0.2) is 0 Å². The predicted octanol–water partition coefficient (Wildman–Crippen LogP) is 13.2. The van der Waals surface area contributed by atoms with Crippen molar-refractivity contribution < 1.29 is 0 Å². The van der Waals surface area contributed by atoms with Gasteiger partial charge in [-0.2, -0.15) is 0 Å². The Morgan fingerprint density at radius 2 is 0.824 bits per heavy atom. The minimum absolute atomic E-state index is 0.473. The Labute approximate surface area is 300 Å². The van der Waals surface area contributed by atoms with Crippen molar-refractivity contribution in [2.45, 2.75) is 12.3 Å². The summed E-state index contributed by atoms with van der Waals surface area (Å²) in [4.78, 5) is 2.43. The molecule has 1 aliphatic carbocycles. The quantitative estimate of drug-likeness (QED) is 0.166. The molecule has 242 valence electrons. The van der Waals surface area contributed by atoms with Gasteiger partial charge in [-0.3, -0.25) is 0 Å². The Balaban J connectivity index is 1.27. The Morgan fingerprint density at radius 1 is 0.353 bits per heavy atom. The lowest BCUT2D eigenvalue weighted by Crippen LogP contribution is -2.28. The first kappa shape index (κ1) is 30.6. The minimum atomic E-state index is -0.473. The molecule has 8 aromatic carbocycles. The number of fused-ring (bicyclic) bond motifs is 3. The molecule has 1 heteroatoms. The van der Waals surface area contributed by atoms with E-state index < -0.39 is 5.41 Å². The first-order valence-corrected chi connectivity index (χ1v) is 17.7. The van der Waals surface area contributed by atoms with E-state index in [-0.39, 0.29) is 0 Å². The van der Waals surface area contributed by atoms with Crippen LogP contribution in [-0.2, 0) is 5.41 Å². The van der Waals surface area contributed by atoms with Gasteiger partial charge in [-0.25, -0.2) is 0 Å². The summed E-state index contributed by atoms with van der Waals surface area (Å²) >= 11 is 0. The van der Waals surface area contributed by atoms with Crippen molar-refractivity contribution in [2.75, 3.05) is 4.90 Å². The van der Waals surface area contributed by atoms with E-state index in [1.807, 2.05) is 0 Å². The van der Waals surface area contributed by atoms with E-state index in [9.17, 15) is 0 Å². The van der Waals surface area contributed by atoms with Crippen LogP contribution in [0.1, 0.15) is 27.8 Å². The number of aryl methyl sites for hydroxylation is 1. The van der Waals surface area contributed by atoms with Gasteiger partial charge >= 0.3 is 0 Å². The fraction of sp³-hybridized carbons (Fsp3) is 0.0400. The van der Waals surface area contributed by atoms with Crippen LogP contribution >= 0.6 is 0 Å². The van der Waals surface area contributed by atoms with Crippen LogP contribution in [0, 0.1) is 6.92 Å². The standard InChI is InChI=1S/C50H37N/c1-36-34-40(38-18-8-3-9-19-38)28-33-49(36)51(43-29-26-39(27-30-43)37-16-6-2-7-17-37)44-31-32-46-45-24-14-15-25-47(45)50(48(46)35-44,41-20-10-4-11-21-41)42-22-12-5-13-23-42/h2-35H,1H3. The summed E-state index contributed by atoms with van der Waals surface area (Å²) in [5.41, 5.74) is 16.7. The van der Waals surface area contributed by atoms with Crippen LogP contribution in [0.25, 0.3) is 33.4 Å². The van der Waals surface area contributed by atoms with E-state index in [0.29, 0.717) is 0 Å². The van der Waals surface area contributed by atoms with Crippen molar-refractivity contribution >= 4 is 17.1 Å². The summed E-state index contributed by atoms with van der Waals surface area (Å²) in [5.74, 6) is 0. The average Bonchev–Trinajstić information content (AvgIpc) is 3.51. The number of anilines is 3. The fourth-order valence-corrected chi connectivity index (χ4v) is 8.15. The maximum atomic E-state index is 2.45. The smallest absolute Gasteiger partial charge is 0.0714 e. The number of rotatable bonds is 7. The van der Waals surface area contributed by atoms with Gasteiger partial charge in [0.25, 0.3) is 0 Å². The van der Waals surface area contributed by atoms with E-state index in [1.54, 1.807) is 0 Å². The van der Waals surface area contributed by atoms with Gasteiger partial charge in [0.1, 0.15) is 0 Å². The van der Waals surface area contributed by atoms with Gasteiger partial charge in [-0.15, -0.1) is 0 Å². The van der Waals surface area contributed by atoms with Gasteiger partial charge < -0.3 is 4.90 Å². The van der Waals surface area contributed by atoms with E-state index in [1.165, 1.54) is 61.2 Å². The van der Waals surface area contributed by atoms with Crippen molar-refractivity contribution in [1.82, 2.24) is 0 Å². The highest BCUT2D eigenvalue weighted by atomic mass is 15.1. The Hall–Kier alpha value is -6.44.